The van der Waals surface area contributed by atoms with Gasteiger partial charge in [0.2, 0.25) is 0 Å². The molecule has 2 N–H and O–H groups in total. The summed E-state index contributed by atoms with van der Waals surface area (Å²) in [6, 6.07) is 3.86. The SMILES string of the molecule is COc1cc(Br)c(C(C)CN)cc1OC. The lowest BCUT2D eigenvalue weighted by Gasteiger charge is -2.15. The third-order valence-corrected chi connectivity index (χ3v) is 3.07. The minimum atomic E-state index is 0.291. The number of nitrogens with two attached hydrogens (primary N) is 1. The van der Waals surface area contributed by atoms with Crippen LogP contribution in [0.15, 0.2) is 16.6 Å². The average molecular weight is 274 g/mol. The van der Waals surface area contributed by atoms with Crippen LogP contribution in [0.4, 0.5) is 0 Å². The molecule has 0 saturated carbocycles. The second-order valence-corrected chi connectivity index (χ2v) is 4.22. The largest absolute Gasteiger partial charge is 0.493 e. The average Bonchev–Trinajstić information content (AvgIpc) is 2.27. The zero-order chi connectivity index (χ0) is 11.4. The number of halogens is 1. The molecule has 0 saturated heterocycles. The molecule has 1 unspecified atom stereocenters. The molecule has 4 heteroatoms. The second-order valence-electron chi connectivity index (χ2n) is 3.37. The van der Waals surface area contributed by atoms with E-state index in [2.05, 4.69) is 22.9 Å². The predicted molar refractivity (Wildman–Crippen MR) is 64.7 cm³/mol. The molecule has 3 nitrogen and oxygen atoms in total. The fourth-order valence-electron chi connectivity index (χ4n) is 1.37. The molecule has 1 aromatic carbocycles. The van der Waals surface area contributed by atoms with E-state index in [-0.39, 0.29) is 0 Å². The summed E-state index contributed by atoms with van der Waals surface area (Å²) in [4.78, 5) is 0. The molecular weight excluding hydrogens is 258 g/mol. The van der Waals surface area contributed by atoms with Gasteiger partial charge in [0.15, 0.2) is 11.5 Å². The molecule has 0 bridgehead atoms. The Morgan fingerprint density at radius 1 is 1.27 bits per heavy atom. The lowest BCUT2D eigenvalue weighted by molar-refractivity contribution is 0.354. The predicted octanol–water partition coefficient (Wildman–Crippen LogP) is 2.53. The first-order valence-electron chi connectivity index (χ1n) is 4.75. The van der Waals surface area contributed by atoms with Crippen LogP contribution in [0.3, 0.4) is 0 Å². The third kappa shape index (κ3) is 2.63. The van der Waals surface area contributed by atoms with Gasteiger partial charge in [-0.05, 0) is 30.2 Å². The number of benzene rings is 1. The van der Waals surface area contributed by atoms with Gasteiger partial charge in [0.1, 0.15) is 0 Å². The summed E-state index contributed by atoms with van der Waals surface area (Å²) in [5, 5.41) is 0. The fourth-order valence-corrected chi connectivity index (χ4v) is 2.09. The van der Waals surface area contributed by atoms with Gasteiger partial charge in [-0.15, -0.1) is 0 Å². The zero-order valence-corrected chi connectivity index (χ0v) is 10.8. The number of rotatable bonds is 4. The Balaban J connectivity index is 3.19. The smallest absolute Gasteiger partial charge is 0.161 e. The molecule has 0 aliphatic rings. The van der Waals surface area contributed by atoms with E-state index in [4.69, 9.17) is 15.2 Å². The molecule has 0 heterocycles. The second kappa shape index (κ2) is 5.37. The Bertz CT molecular complexity index is 342. The summed E-state index contributed by atoms with van der Waals surface area (Å²) in [5.41, 5.74) is 6.78. The van der Waals surface area contributed by atoms with Crippen LogP contribution in [0.2, 0.25) is 0 Å². The molecule has 0 aliphatic heterocycles. The monoisotopic (exact) mass is 273 g/mol. The maximum absolute atomic E-state index is 5.64. The van der Waals surface area contributed by atoms with Crippen molar-refractivity contribution in [1.29, 1.82) is 0 Å². The van der Waals surface area contributed by atoms with E-state index >= 15 is 0 Å². The van der Waals surface area contributed by atoms with E-state index in [0.717, 1.165) is 21.5 Å². The third-order valence-electron chi connectivity index (χ3n) is 2.39. The van der Waals surface area contributed by atoms with Crippen LogP contribution < -0.4 is 15.2 Å². The maximum Gasteiger partial charge on any atom is 0.161 e. The van der Waals surface area contributed by atoms with Gasteiger partial charge in [0.25, 0.3) is 0 Å². The summed E-state index contributed by atoms with van der Waals surface area (Å²) in [7, 11) is 3.25. The maximum atomic E-state index is 5.64. The van der Waals surface area contributed by atoms with Crippen LogP contribution in [0, 0.1) is 0 Å². The van der Waals surface area contributed by atoms with E-state index in [1.807, 2.05) is 12.1 Å². The fraction of sp³-hybridized carbons (Fsp3) is 0.455. The van der Waals surface area contributed by atoms with Gasteiger partial charge in [-0.25, -0.2) is 0 Å². The zero-order valence-electron chi connectivity index (χ0n) is 9.21. The van der Waals surface area contributed by atoms with Crippen molar-refractivity contribution in [2.24, 2.45) is 5.73 Å². The Morgan fingerprint density at radius 2 is 1.80 bits per heavy atom. The molecule has 1 atom stereocenters. The number of hydrogen-bond donors (Lipinski definition) is 1. The first kappa shape index (κ1) is 12.3. The summed E-state index contributed by atoms with van der Waals surface area (Å²) in [6.07, 6.45) is 0. The van der Waals surface area contributed by atoms with Crippen molar-refractivity contribution < 1.29 is 9.47 Å². The van der Waals surface area contributed by atoms with E-state index in [1.54, 1.807) is 14.2 Å². The molecule has 0 spiro atoms. The quantitative estimate of drug-likeness (QED) is 0.917. The summed E-state index contributed by atoms with van der Waals surface area (Å²) in [5.74, 6) is 1.74. The Hall–Kier alpha value is -0.740. The van der Waals surface area contributed by atoms with Gasteiger partial charge in [0, 0.05) is 4.47 Å². The standard InChI is InChI=1S/C11H16BrNO2/c1-7(6-13)8-4-10(14-2)11(15-3)5-9(8)12/h4-5,7H,6,13H2,1-3H3. The number of methoxy groups -OCH3 is 2. The van der Waals surface area contributed by atoms with Gasteiger partial charge >= 0.3 is 0 Å². The van der Waals surface area contributed by atoms with Crippen LogP contribution in [0.5, 0.6) is 11.5 Å². The van der Waals surface area contributed by atoms with Crippen molar-refractivity contribution in [2.75, 3.05) is 20.8 Å². The lowest BCUT2D eigenvalue weighted by atomic mass is 10.0. The van der Waals surface area contributed by atoms with Crippen molar-refractivity contribution in [2.45, 2.75) is 12.8 Å². The normalized spacial score (nSPS) is 12.3. The molecule has 0 aliphatic carbocycles. The minimum absolute atomic E-state index is 0.291. The summed E-state index contributed by atoms with van der Waals surface area (Å²) in [6.45, 7) is 2.68. The molecule has 1 aromatic rings. The van der Waals surface area contributed by atoms with Crippen LogP contribution in [-0.4, -0.2) is 20.8 Å². The van der Waals surface area contributed by atoms with Gasteiger partial charge in [0.05, 0.1) is 14.2 Å². The number of hydrogen-bond acceptors (Lipinski definition) is 3. The van der Waals surface area contributed by atoms with E-state index in [1.165, 1.54) is 0 Å². The molecule has 0 aromatic heterocycles. The number of ether oxygens (including phenoxy) is 2. The molecule has 0 amide bonds. The van der Waals surface area contributed by atoms with Gasteiger partial charge in [-0.3, -0.25) is 0 Å². The molecule has 84 valence electrons. The van der Waals surface area contributed by atoms with Crippen molar-refractivity contribution in [3.8, 4) is 11.5 Å². The Morgan fingerprint density at radius 3 is 2.27 bits per heavy atom. The molecule has 1 rings (SSSR count). The lowest BCUT2D eigenvalue weighted by Crippen LogP contribution is -2.09. The molecular formula is C11H16BrNO2. The highest BCUT2D eigenvalue weighted by atomic mass is 79.9. The molecule has 0 radical (unpaired) electrons. The van der Waals surface area contributed by atoms with Crippen LogP contribution >= 0.6 is 15.9 Å². The highest BCUT2D eigenvalue weighted by Crippen LogP contribution is 2.36. The van der Waals surface area contributed by atoms with Gasteiger partial charge < -0.3 is 15.2 Å². The molecule has 15 heavy (non-hydrogen) atoms. The van der Waals surface area contributed by atoms with Crippen molar-refractivity contribution in [3.63, 3.8) is 0 Å². The van der Waals surface area contributed by atoms with E-state index in [0.29, 0.717) is 12.5 Å². The van der Waals surface area contributed by atoms with Crippen molar-refractivity contribution in [3.05, 3.63) is 22.2 Å². The topological polar surface area (TPSA) is 44.5 Å². The minimum Gasteiger partial charge on any atom is -0.493 e. The Kier molecular flexibility index (Phi) is 4.42. The van der Waals surface area contributed by atoms with Crippen molar-refractivity contribution in [1.82, 2.24) is 0 Å². The highest BCUT2D eigenvalue weighted by Gasteiger charge is 2.13. The van der Waals surface area contributed by atoms with Crippen molar-refractivity contribution >= 4 is 15.9 Å². The van der Waals surface area contributed by atoms with Crippen LogP contribution in [0.25, 0.3) is 0 Å². The summed E-state index contributed by atoms with van der Waals surface area (Å²) < 4.78 is 11.4. The van der Waals surface area contributed by atoms with Crippen LogP contribution in [0.1, 0.15) is 18.4 Å². The van der Waals surface area contributed by atoms with E-state index in [9.17, 15) is 0 Å². The summed E-state index contributed by atoms with van der Waals surface area (Å²) >= 11 is 3.50. The van der Waals surface area contributed by atoms with E-state index < -0.39 is 0 Å². The first-order valence-corrected chi connectivity index (χ1v) is 5.54. The highest BCUT2D eigenvalue weighted by molar-refractivity contribution is 9.10. The van der Waals surface area contributed by atoms with Crippen LogP contribution in [-0.2, 0) is 0 Å². The first-order chi connectivity index (χ1) is 7.13. The van der Waals surface area contributed by atoms with Gasteiger partial charge in [-0.2, -0.15) is 0 Å². The Labute approximate surface area is 98.7 Å². The van der Waals surface area contributed by atoms with Gasteiger partial charge in [-0.1, -0.05) is 22.9 Å². The molecule has 0 fully saturated rings.